The fraction of sp³-hybridized carbons (Fsp3) is 0. The van der Waals surface area contributed by atoms with Crippen LogP contribution in [0.1, 0.15) is 5.56 Å². The van der Waals surface area contributed by atoms with Crippen LogP contribution in [0.15, 0.2) is 30.3 Å². The molecule has 6 nitrogen and oxygen atoms in total. The summed E-state index contributed by atoms with van der Waals surface area (Å²) in [7, 11) is 0. The molecule has 8 heteroatoms. The molecular weight excluding hydrogens is 303 g/mol. The Morgan fingerprint density at radius 2 is 2.05 bits per heavy atom. The maximum absolute atomic E-state index is 10.9. The fourth-order valence-corrected chi connectivity index (χ4v) is 1.86. The van der Waals surface area contributed by atoms with Gasteiger partial charge in [-0.15, -0.1) is 0 Å². The van der Waals surface area contributed by atoms with Crippen molar-refractivity contribution in [3.8, 4) is 6.07 Å². The zero-order chi connectivity index (χ0) is 14.7. The molecule has 100 valence electrons. The van der Waals surface area contributed by atoms with Gasteiger partial charge in [0.05, 0.1) is 27.3 Å². The predicted molar refractivity (Wildman–Crippen MR) is 75.4 cm³/mol. The first-order chi connectivity index (χ1) is 9.51. The molecule has 1 N–H and O–H groups in total. The predicted octanol–water partition coefficient (Wildman–Crippen LogP) is 3.91. The number of nitrogens with one attached hydrogen (secondary N) is 1. The molecule has 0 atom stereocenters. The number of rotatable bonds is 3. The van der Waals surface area contributed by atoms with E-state index in [1.807, 2.05) is 6.07 Å². The molecule has 0 spiro atoms. The molecule has 0 unspecified atom stereocenters. The van der Waals surface area contributed by atoms with Gasteiger partial charge in [-0.2, -0.15) is 5.26 Å². The molecule has 1 aromatic heterocycles. The summed E-state index contributed by atoms with van der Waals surface area (Å²) in [5.41, 5.74) is 0.549. The van der Waals surface area contributed by atoms with Crippen LogP contribution in [0.3, 0.4) is 0 Å². The number of nitro groups is 1. The Labute approximate surface area is 123 Å². The van der Waals surface area contributed by atoms with E-state index in [0.717, 1.165) is 0 Å². The normalized spacial score (nSPS) is 9.85. The number of aromatic nitrogens is 1. The Balaban J connectivity index is 2.42. The van der Waals surface area contributed by atoms with Gasteiger partial charge in [0.15, 0.2) is 0 Å². The fourth-order valence-electron chi connectivity index (χ4n) is 1.48. The Hall–Kier alpha value is -2.36. The van der Waals surface area contributed by atoms with Gasteiger partial charge >= 0.3 is 5.69 Å². The lowest BCUT2D eigenvalue weighted by Gasteiger charge is -2.08. The van der Waals surface area contributed by atoms with E-state index in [1.54, 1.807) is 0 Å². The number of halogens is 2. The summed E-state index contributed by atoms with van der Waals surface area (Å²) in [6, 6.07) is 9.02. The SMILES string of the molecule is N#Cc1ccc(Nc2nc(Cl)ccc2[N+](=O)[O-])c(Cl)c1. The van der Waals surface area contributed by atoms with Crippen molar-refractivity contribution in [1.82, 2.24) is 4.98 Å². The van der Waals surface area contributed by atoms with Gasteiger partial charge in [0.1, 0.15) is 5.15 Å². The van der Waals surface area contributed by atoms with Crippen molar-refractivity contribution in [3.05, 3.63) is 56.2 Å². The molecular formula is C12H6Cl2N4O2. The summed E-state index contributed by atoms with van der Waals surface area (Å²) in [5.74, 6) is -0.0193. The number of nitrogens with zero attached hydrogens (tertiary/aromatic N) is 3. The smallest absolute Gasteiger partial charge is 0.311 e. The minimum absolute atomic E-state index is 0.0193. The summed E-state index contributed by atoms with van der Waals surface area (Å²) in [6.07, 6.45) is 0. The van der Waals surface area contributed by atoms with E-state index < -0.39 is 4.92 Å². The van der Waals surface area contributed by atoms with E-state index in [4.69, 9.17) is 28.5 Å². The average Bonchev–Trinajstić information content (AvgIpc) is 2.40. The molecule has 0 aliphatic rings. The third kappa shape index (κ3) is 2.96. The summed E-state index contributed by atoms with van der Waals surface area (Å²) < 4.78 is 0. The highest BCUT2D eigenvalue weighted by Crippen LogP contribution is 2.31. The number of nitriles is 1. The van der Waals surface area contributed by atoms with Crippen LogP contribution in [-0.4, -0.2) is 9.91 Å². The van der Waals surface area contributed by atoms with Crippen LogP contribution in [0.25, 0.3) is 0 Å². The van der Waals surface area contributed by atoms with Crippen LogP contribution in [0.4, 0.5) is 17.2 Å². The molecule has 0 saturated heterocycles. The molecule has 0 fully saturated rings. The molecule has 0 aliphatic heterocycles. The quantitative estimate of drug-likeness (QED) is 0.527. The molecule has 0 amide bonds. The van der Waals surface area contributed by atoms with Crippen molar-refractivity contribution in [1.29, 1.82) is 5.26 Å². The number of hydrogen-bond donors (Lipinski definition) is 1. The van der Waals surface area contributed by atoms with Gasteiger partial charge in [-0.05, 0) is 24.3 Å². The van der Waals surface area contributed by atoms with Gasteiger partial charge in [0.2, 0.25) is 5.82 Å². The van der Waals surface area contributed by atoms with Gasteiger partial charge in [-0.1, -0.05) is 23.2 Å². The Bertz CT molecular complexity index is 728. The average molecular weight is 309 g/mol. The number of anilines is 2. The van der Waals surface area contributed by atoms with Crippen molar-refractivity contribution >= 4 is 40.4 Å². The standard InChI is InChI=1S/C12H6Cl2N4O2/c13-8-5-7(6-15)1-2-9(8)16-12-10(18(19)20)3-4-11(14)17-12/h1-5H,(H,16,17). The summed E-state index contributed by atoms with van der Waals surface area (Å²) in [6.45, 7) is 0. The highest BCUT2D eigenvalue weighted by Gasteiger charge is 2.16. The second kappa shape index (κ2) is 5.74. The maximum Gasteiger partial charge on any atom is 0.311 e. The van der Waals surface area contributed by atoms with Crippen molar-refractivity contribution < 1.29 is 4.92 Å². The lowest BCUT2D eigenvalue weighted by molar-refractivity contribution is -0.384. The molecule has 0 saturated carbocycles. The summed E-state index contributed by atoms with van der Waals surface area (Å²) in [5, 5.41) is 22.8. The van der Waals surface area contributed by atoms with Crippen molar-refractivity contribution in [2.45, 2.75) is 0 Å². The maximum atomic E-state index is 10.9. The van der Waals surface area contributed by atoms with E-state index in [0.29, 0.717) is 11.3 Å². The second-order valence-corrected chi connectivity index (χ2v) is 4.48. The van der Waals surface area contributed by atoms with Gasteiger partial charge in [-0.3, -0.25) is 10.1 Å². The van der Waals surface area contributed by atoms with E-state index >= 15 is 0 Å². The summed E-state index contributed by atoms with van der Waals surface area (Å²) in [4.78, 5) is 14.2. The van der Waals surface area contributed by atoms with Crippen LogP contribution >= 0.6 is 23.2 Å². The zero-order valence-electron chi connectivity index (χ0n) is 9.80. The lowest BCUT2D eigenvalue weighted by atomic mass is 10.2. The van der Waals surface area contributed by atoms with E-state index in [1.165, 1.54) is 30.3 Å². The monoisotopic (exact) mass is 308 g/mol. The van der Waals surface area contributed by atoms with E-state index in [-0.39, 0.29) is 21.7 Å². The Morgan fingerprint density at radius 3 is 2.65 bits per heavy atom. The van der Waals surface area contributed by atoms with E-state index in [2.05, 4.69) is 10.3 Å². The van der Waals surface area contributed by atoms with Crippen LogP contribution in [-0.2, 0) is 0 Å². The van der Waals surface area contributed by atoms with Gasteiger partial charge in [0, 0.05) is 6.07 Å². The number of benzene rings is 1. The minimum Gasteiger partial charge on any atom is -0.333 e. The highest BCUT2D eigenvalue weighted by molar-refractivity contribution is 6.33. The molecule has 1 aromatic carbocycles. The Morgan fingerprint density at radius 1 is 1.30 bits per heavy atom. The lowest BCUT2D eigenvalue weighted by Crippen LogP contribution is -2.00. The van der Waals surface area contributed by atoms with Crippen LogP contribution in [0.2, 0.25) is 10.2 Å². The van der Waals surface area contributed by atoms with Crippen LogP contribution in [0, 0.1) is 21.4 Å². The molecule has 0 bridgehead atoms. The second-order valence-electron chi connectivity index (χ2n) is 3.69. The van der Waals surface area contributed by atoms with Gasteiger partial charge in [-0.25, -0.2) is 4.98 Å². The first kappa shape index (κ1) is 14.1. The van der Waals surface area contributed by atoms with Gasteiger partial charge < -0.3 is 5.32 Å². The van der Waals surface area contributed by atoms with Crippen molar-refractivity contribution in [2.75, 3.05) is 5.32 Å². The third-order valence-corrected chi connectivity index (χ3v) is 2.91. The molecule has 2 rings (SSSR count). The zero-order valence-corrected chi connectivity index (χ0v) is 11.3. The van der Waals surface area contributed by atoms with Gasteiger partial charge in [0.25, 0.3) is 0 Å². The molecule has 0 aliphatic carbocycles. The first-order valence-corrected chi connectivity index (χ1v) is 6.04. The molecule has 0 radical (unpaired) electrons. The van der Waals surface area contributed by atoms with Crippen molar-refractivity contribution in [2.24, 2.45) is 0 Å². The summed E-state index contributed by atoms with van der Waals surface area (Å²) >= 11 is 11.7. The minimum atomic E-state index is -0.580. The molecule has 20 heavy (non-hydrogen) atoms. The third-order valence-electron chi connectivity index (χ3n) is 2.39. The highest BCUT2D eigenvalue weighted by atomic mass is 35.5. The molecule has 2 aromatic rings. The first-order valence-electron chi connectivity index (χ1n) is 5.29. The number of pyridine rings is 1. The topological polar surface area (TPSA) is 91.8 Å². The molecule has 1 heterocycles. The number of hydrogen-bond acceptors (Lipinski definition) is 5. The van der Waals surface area contributed by atoms with E-state index in [9.17, 15) is 10.1 Å². The van der Waals surface area contributed by atoms with Crippen LogP contribution in [0.5, 0.6) is 0 Å². The van der Waals surface area contributed by atoms with Crippen molar-refractivity contribution in [3.63, 3.8) is 0 Å². The van der Waals surface area contributed by atoms with Crippen LogP contribution < -0.4 is 5.32 Å². The largest absolute Gasteiger partial charge is 0.333 e. The Kier molecular flexibility index (Phi) is 4.03.